The molecule has 0 radical (unpaired) electrons. The molecule has 0 saturated heterocycles. The van der Waals surface area contributed by atoms with Crippen molar-refractivity contribution in [1.29, 1.82) is 0 Å². The van der Waals surface area contributed by atoms with Gasteiger partial charge in [0, 0.05) is 12.8 Å². The smallest absolute Gasteiger partial charge is 0.462 e. The third-order valence-corrected chi connectivity index (χ3v) is 10.6. The molecule has 0 rings (SSSR count). The number of ether oxygens (including phenoxy) is 2. The second-order valence-corrected chi connectivity index (χ2v) is 16.5. The quantitative estimate of drug-likeness (QED) is 0.0236. The number of hydrogen-bond donors (Lipinski definition) is 3. The van der Waals surface area contributed by atoms with Gasteiger partial charge in [-0.3, -0.25) is 18.6 Å². The van der Waals surface area contributed by atoms with Crippen molar-refractivity contribution in [3.05, 3.63) is 12.2 Å². The molecule has 0 aliphatic rings. The molecule has 0 aromatic rings. The Kier molecular flexibility index (Phi) is 39.0. The van der Waals surface area contributed by atoms with Gasteiger partial charge in [0.05, 0.1) is 19.8 Å². The van der Waals surface area contributed by atoms with Crippen LogP contribution in [0.4, 0.5) is 0 Å². The van der Waals surface area contributed by atoms with Gasteiger partial charge in [-0.2, -0.15) is 0 Å². The fourth-order valence-electron chi connectivity index (χ4n) is 6.22. The Morgan fingerprint density at radius 1 is 0.537 bits per heavy atom. The number of carbonyl (C=O) groups excluding carboxylic acids is 2. The number of phosphoric ester groups is 1. The van der Waals surface area contributed by atoms with Gasteiger partial charge in [0.2, 0.25) is 0 Å². The monoisotopic (exact) mass is 791 g/mol. The van der Waals surface area contributed by atoms with E-state index in [1.807, 2.05) is 0 Å². The Balaban J connectivity index is 4.25. The molecule has 0 saturated carbocycles. The summed E-state index contributed by atoms with van der Waals surface area (Å²) < 4.78 is 32.7. The van der Waals surface area contributed by atoms with E-state index in [-0.39, 0.29) is 19.4 Å². The molecule has 3 unspecified atom stereocenters. The van der Waals surface area contributed by atoms with Crippen LogP contribution in [0.1, 0.15) is 213 Å². The molecule has 3 atom stereocenters. The van der Waals surface area contributed by atoms with E-state index >= 15 is 0 Å². The Labute approximate surface area is 330 Å². The molecule has 11 heteroatoms. The van der Waals surface area contributed by atoms with Crippen LogP contribution < -0.4 is 0 Å². The largest absolute Gasteiger partial charge is 0.472 e. The molecule has 0 heterocycles. The van der Waals surface area contributed by atoms with Gasteiger partial charge in [-0.15, -0.1) is 0 Å². The highest BCUT2D eigenvalue weighted by molar-refractivity contribution is 7.47. The zero-order chi connectivity index (χ0) is 39.8. The Bertz CT molecular complexity index is 915. The first-order valence-electron chi connectivity index (χ1n) is 22.1. The van der Waals surface area contributed by atoms with Gasteiger partial charge in [0.25, 0.3) is 0 Å². The summed E-state index contributed by atoms with van der Waals surface area (Å²) in [4.78, 5) is 35.0. The zero-order valence-electron chi connectivity index (χ0n) is 34.7. The summed E-state index contributed by atoms with van der Waals surface area (Å²) in [7, 11) is -4.61. The van der Waals surface area contributed by atoms with Gasteiger partial charge in [-0.25, -0.2) is 4.57 Å². The number of carbonyl (C=O) groups is 2. The van der Waals surface area contributed by atoms with Crippen LogP contribution in [0, 0.1) is 0 Å². The second-order valence-electron chi connectivity index (χ2n) is 15.1. The van der Waals surface area contributed by atoms with Crippen LogP contribution in [-0.2, 0) is 32.7 Å². The highest BCUT2D eigenvalue weighted by Crippen LogP contribution is 2.43. The van der Waals surface area contributed by atoms with E-state index in [1.165, 1.54) is 128 Å². The predicted octanol–water partition coefficient (Wildman–Crippen LogP) is 11.6. The third kappa shape index (κ3) is 39.0. The number of phosphoric acid groups is 1. The predicted molar refractivity (Wildman–Crippen MR) is 219 cm³/mol. The summed E-state index contributed by atoms with van der Waals surface area (Å²) in [6.45, 7) is 2.40. The lowest BCUT2D eigenvalue weighted by Crippen LogP contribution is -2.29. The fraction of sp³-hybridized carbons (Fsp3) is 0.907. The molecule has 0 aliphatic heterocycles. The minimum absolute atomic E-state index is 0.183. The average Bonchev–Trinajstić information content (AvgIpc) is 3.16. The summed E-state index contributed by atoms with van der Waals surface area (Å²) in [6.07, 6.45) is 37.4. The van der Waals surface area contributed by atoms with Gasteiger partial charge < -0.3 is 24.6 Å². The number of allylic oxidation sites excluding steroid dienone is 2. The molecule has 0 aliphatic carbocycles. The van der Waals surface area contributed by atoms with Crippen LogP contribution in [0.25, 0.3) is 0 Å². The van der Waals surface area contributed by atoms with Crippen LogP contribution in [-0.4, -0.2) is 65.7 Å². The van der Waals surface area contributed by atoms with Crippen molar-refractivity contribution < 1.29 is 47.8 Å². The summed E-state index contributed by atoms with van der Waals surface area (Å²) in [6, 6.07) is 0. The maximum Gasteiger partial charge on any atom is 0.472 e. The molecule has 320 valence electrons. The normalized spacial score (nSPS) is 13.9. The topological polar surface area (TPSA) is 149 Å². The summed E-state index contributed by atoms with van der Waals surface area (Å²) >= 11 is 0. The number of aliphatic hydroxyl groups excluding tert-OH is 2. The van der Waals surface area contributed by atoms with E-state index in [2.05, 4.69) is 26.0 Å². The van der Waals surface area contributed by atoms with Gasteiger partial charge in [-0.1, -0.05) is 174 Å². The van der Waals surface area contributed by atoms with E-state index in [9.17, 15) is 24.2 Å². The summed E-state index contributed by atoms with van der Waals surface area (Å²) in [5.41, 5.74) is 0. The average molecular weight is 791 g/mol. The van der Waals surface area contributed by atoms with Crippen LogP contribution in [0.2, 0.25) is 0 Å². The minimum atomic E-state index is -4.61. The van der Waals surface area contributed by atoms with E-state index in [1.54, 1.807) is 0 Å². The van der Waals surface area contributed by atoms with Gasteiger partial charge in [0.1, 0.15) is 12.7 Å². The van der Waals surface area contributed by atoms with Crippen molar-refractivity contribution in [2.45, 2.75) is 225 Å². The highest BCUT2D eigenvalue weighted by atomic mass is 31.2. The van der Waals surface area contributed by atoms with Crippen molar-refractivity contribution in [2.24, 2.45) is 0 Å². The second kappa shape index (κ2) is 39.9. The third-order valence-electron chi connectivity index (χ3n) is 9.67. The van der Waals surface area contributed by atoms with Crippen molar-refractivity contribution in [1.82, 2.24) is 0 Å². The maximum absolute atomic E-state index is 12.6. The first-order valence-corrected chi connectivity index (χ1v) is 23.6. The van der Waals surface area contributed by atoms with Crippen molar-refractivity contribution in [3.8, 4) is 0 Å². The molecule has 0 bridgehead atoms. The lowest BCUT2D eigenvalue weighted by atomic mass is 10.0. The van der Waals surface area contributed by atoms with Crippen LogP contribution >= 0.6 is 7.82 Å². The first kappa shape index (κ1) is 52.7. The van der Waals surface area contributed by atoms with Gasteiger partial charge >= 0.3 is 19.8 Å². The zero-order valence-corrected chi connectivity index (χ0v) is 35.6. The van der Waals surface area contributed by atoms with E-state index in [4.69, 9.17) is 23.6 Å². The Hall–Kier alpha value is -1.29. The Morgan fingerprint density at radius 2 is 0.907 bits per heavy atom. The highest BCUT2D eigenvalue weighted by Gasteiger charge is 2.27. The summed E-state index contributed by atoms with van der Waals surface area (Å²) in [5.74, 6) is -0.919. The van der Waals surface area contributed by atoms with E-state index < -0.39 is 51.8 Å². The maximum atomic E-state index is 12.6. The number of aliphatic hydroxyl groups is 2. The van der Waals surface area contributed by atoms with Crippen LogP contribution in [0.5, 0.6) is 0 Å². The first-order chi connectivity index (χ1) is 26.2. The molecule has 0 fully saturated rings. The number of rotatable bonds is 42. The molecule has 3 N–H and O–H groups in total. The molecular weight excluding hydrogens is 707 g/mol. The van der Waals surface area contributed by atoms with Crippen LogP contribution in [0.15, 0.2) is 12.2 Å². The van der Waals surface area contributed by atoms with E-state index in [0.717, 1.165) is 44.9 Å². The molecule has 0 amide bonds. The lowest BCUT2D eigenvalue weighted by molar-refractivity contribution is -0.161. The number of hydrogen-bond acceptors (Lipinski definition) is 9. The molecule has 0 aromatic carbocycles. The van der Waals surface area contributed by atoms with Crippen molar-refractivity contribution in [3.63, 3.8) is 0 Å². The van der Waals surface area contributed by atoms with Gasteiger partial charge in [-0.05, 0) is 38.5 Å². The number of esters is 2. The fourth-order valence-corrected chi connectivity index (χ4v) is 7.01. The molecule has 10 nitrogen and oxygen atoms in total. The Morgan fingerprint density at radius 3 is 1.33 bits per heavy atom. The van der Waals surface area contributed by atoms with E-state index in [0.29, 0.717) is 12.8 Å². The van der Waals surface area contributed by atoms with Crippen LogP contribution in [0.3, 0.4) is 0 Å². The standard InChI is InChI=1S/C43H83O10P/c1-3-5-7-9-11-13-15-17-18-19-20-21-23-25-27-29-31-33-35-43(47)53-41(39-52-54(48,49)51-37-40(45)36-44)38-50-42(46)34-32-30-28-26-24-22-16-14-12-10-8-6-4-2/h18-19,40-41,44-45H,3-17,20-39H2,1-2H3,(H,48,49)/b19-18-. The van der Waals surface area contributed by atoms with Crippen molar-refractivity contribution >= 4 is 19.8 Å². The van der Waals surface area contributed by atoms with Gasteiger partial charge in [0.15, 0.2) is 6.10 Å². The number of unbranched alkanes of at least 4 members (excludes halogenated alkanes) is 26. The molecule has 0 aromatic heterocycles. The SMILES string of the molecule is CCCCCCCCC/C=C\CCCCCCCCCC(=O)OC(COC(=O)CCCCCCCCCCCCCCC)COP(=O)(O)OCC(O)CO. The van der Waals surface area contributed by atoms with Crippen molar-refractivity contribution in [2.75, 3.05) is 26.4 Å². The summed E-state index contributed by atoms with van der Waals surface area (Å²) in [5, 5.41) is 18.3. The molecular formula is C43H83O10P. The molecule has 54 heavy (non-hydrogen) atoms. The minimum Gasteiger partial charge on any atom is -0.462 e. The molecule has 0 spiro atoms. The lowest BCUT2D eigenvalue weighted by Gasteiger charge is -2.20.